The average Bonchev–Trinajstić information content (AvgIpc) is 2.87. The zero-order valence-electron chi connectivity index (χ0n) is 10.6. The van der Waals surface area contributed by atoms with E-state index in [1.54, 1.807) is 6.92 Å². The number of carboxylic acids is 1. The normalized spacial score (nSPS) is 10.1. The van der Waals surface area contributed by atoms with Gasteiger partial charge in [0.2, 0.25) is 5.95 Å². The third kappa shape index (κ3) is 2.88. The summed E-state index contributed by atoms with van der Waals surface area (Å²) in [5.74, 6) is -1.39. The average molecular weight is 294 g/mol. The highest BCUT2D eigenvalue weighted by Gasteiger charge is 2.19. The molecule has 0 saturated heterocycles. The molecule has 2 N–H and O–H groups in total. The third-order valence-electron chi connectivity index (χ3n) is 2.24. The molecule has 0 unspecified atom stereocenters. The van der Waals surface area contributed by atoms with E-state index in [9.17, 15) is 9.59 Å². The number of nitrogens with zero attached hydrogens (tertiary/aromatic N) is 3. The molecule has 0 radical (unpaired) electrons. The van der Waals surface area contributed by atoms with Crippen LogP contribution in [0.4, 0.5) is 5.95 Å². The van der Waals surface area contributed by atoms with E-state index in [4.69, 9.17) is 9.84 Å². The van der Waals surface area contributed by atoms with Crippen molar-refractivity contribution in [2.75, 3.05) is 12.4 Å². The number of carboxylic acid groups (broad SMARTS) is 1. The molecule has 0 aliphatic carbocycles. The van der Waals surface area contributed by atoms with Crippen molar-refractivity contribution in [2.24, 2.45) is 0 Å². The van der Waals surface area contributed by atoms with Gasteiger partial charge in [0.05, 0.1) is 12.7 Å². The number of amides is 1. The van der Waals surface area contributed by atoms with E-state index in [1.165, 1.54) is 18.6 Å². The summed E-state index contributed by atoms with van der Waals surface area (Å²) >= 11 is 0.969. The van der Waals surface area contributed by atoms with Crippen molar-refractivity contribution in [2.45, 2.75) is 6.92 Å². The van der Waals surface area contributed by atoms with Crippen LogP contribution in [0.15, 0.2) is 11.4 Å². The summed E-state index contributed by atoms with van der Waals surface area (Å²) in [4.78, 5) is 34.6. The van der Waals surface area contributed by atoms with Crippen LogP contribution in [-0.2, 0) is 0 Å². The number of aromatic nitrogens is 3. The number of aromatic carboxylic acids is 1. The minimum Gasteiger partial charge on any atom is -0.477 e. The number of methoxy groups -OCH3 is 1. The van der Waals surface area contributed by atoms with Crippen LogP contribution in [0.5, 0.6) is 6.01 Å². The van der Waals surface area contributed by atoms with Crippen molar-refractivity contribution in [3.63, 3.8) is 0 Å². The summed E-state index contributed by atoms with van der Waals surface area (Å²) in [6.07, 6.45) is 0. The number of aryl methyl sites for hydroxylation is 1. The Kier molecular flexibility index (Phi) is 3.89. The molecule has 0 spiro atoms. The van der Waals surface area contributed by atoms with Gasteiger partial charge in [-0.15, -0.1) is 11.3 Å². The van der Waals surface area contributed by atoms with Crippen molar-refractivity contribution < 1.29 is 19.4 Å². The molecule has 0 aliphatic heterocycles. The van der Waals surface area contributed by atoms with E-state index < -0.39 is 11.9 Å². The number of anilines is 1. The molecule has 8 nitrogen and oxygen atoms in total. The highest BCUT2D eigenvalue weighted by atomic mass is 32.1. The van der Waals surface area contributed by atoms with Gasteiger partial charge in [0.15, 0.2) is 0 Å². The van der Waals surface area contributed by atoms with E-state index in [-0.39, 0.29) is 22.4 Å². The third-order valence-corrected chi connectivity index (χ3v) is 3.14. The van der Waals surface area contributed by atoms with Gasteiger partial charge in [-0.1, -0.05) is 0 Å². The molecule has 0 aliphatic rings. The standard InChI is InChI=1S/C11H10N4O4S/c1-5-12-10(15-11(13-5)19-2)14-8(16)6-3-4-20-7(6)9(17)18/h3-4H,1-2H3,(H,17,18)(H,12,13,14,15,16). The molecule has 0 atom stereocenters. The van der Waals surface area contributed by atoms with Crippen molar-refractivity contribution >= 4 is 29.2 Å². The van der Waals surface area contributed by atoms with Gasteiger partial charge in [0.25, 0.3) is 5.91 Å². The van der Waals surface area contributed by atoms with Crippen molar-refractivity contribution in [3.05, 3.63) is 27.7 Å². The van der Waals surface area contributed by atoms with Crippen LogP contribution in [0.3, 0.4) is 0 Å². The van der Waals surface area contributed by atoms with Crippen molar-refractivity contribution in [1.82, 2.24) is 15.0 Å². The minimum atomic E-state index is -1.16. The number of rotatable bonds is 4. The first-order chi connectivity index (χ1) is 9.51. The van der Waals surface area contributed by atoms with Crippen LogP contribution >= 0.6 is 11.3 Å². The number of carbonyl (C=O) groups is 2. The Labute approximate surface area is 117 Å². The van der Waals surface area contributed by atoms with Gasteiger partial charge in [-0.05, 0) is 18.4 Å². The van der Waals surface area contributed by atoms with E-state index >= 15 is 0 Å². The van der Waals surface area contributed by atoms with Gasteiger partial charge in [0.1, 0.15) is 10.7 Å². The number of nitrogens with one attached hydrogen (secondary N) is 1. The van der Waals surface area contributed by atoms with Gasteiger partial charge in [-0.25, -0.2) is 4.79 Å². The van der Waals surface area contributed by atoms with E-state index in [0.29, 0.717) is 5.82 Å². The number of thiophene rings is 1. The van der Waals surface area contributed by atoms with Crippen LogP contribution in [0, 0.1) is 6.92 Å². The lowest BCUT2D eigenvalue weighted by Crippen LogP contribution is -2.17. The first-order valence-corrected chi connectivity index (χ1v) is 6.28. The van der Waals surface area contributed by atoms with Gasteiger partial charge in [-0.2, -0.15) is 15.0 Å². The second-order valence-corrected chi connectivity index (χ2v) is 4.53. The predicted octanol–water partition coefficient (Wildman–Crippen LogP) is 1.20. The molecular weight excluding hydrogens is 284 g/mol. The van der Waals surface area contributed by atoms with E-state index in [2.05, 4.69) is 20.3 Å². The fourth-order valence-electron chi connectivity index (χ4n) is 1.43. The Morgan fingerprint density at radius 3 is 2.75 bits per heavy atom. The molecule has 104 valence electrons. The monoisotopic (exact) mass is 294 g/mol. The molecule has 2 aromatic rings. The molecule has 2 aromatic heterocycles. The Morgan fingerprint density at radius 1 is 1.35 bits per heavy atom. The molecule has 9 heteroatoms. The number of hydrogen-bond acceptors (Lipinski definition) is 7. The molecule has 0 saturated carbocycles. The molecule has 0 fully saturated rings. The SMILES string of the molecule is COc1nc(C)nc(NC(=O)c2ccsc2C(=O)O)n1. The summed E-state index contributed by atoms with van der Waals surface area (Å²) in [7, 11) is 1.39. The first-order valence-electron chi connectivity index (χ1n) is 5.40. The highest BCUT2D eigenvalue weighted by Crippen LogP contribution is 2.18. The van der Waals surface area contributed by atoms with E-state index in [0.717, 1.165) is 11.3 Å². The van der Waals surface area contributed by atoms with Crippen LogP contribution in [0.2, 0.25) is 0 Å². The lowest BCUT2D eigenvalue weighted by molar-refractivity contribution is 0.0698. The molecule has 2 heterocycles. The Balaban J connectivity index is 2.25. The van der Waals surface area contributed by atoms with Gasteiger partial charge < -0.3 is 9.84 Å². The van der Waals surface area contributed by atoms with Crippen LogP contribution in [0.25, 0.3) is 0 Å². The summed E-state index contributed by atoms with van der Waals surface area (Å²) < 4.78 is 4.86. The Bertz CT molecular complexity index is 670. The molecule has 2 rings (SSSR count). The van der Waals surface area contributed by atoms with E-state index in [1.807, 2.05) is 0 Å². The Morgan fingerprint density at radius 2 is 2.10 bits per heavy atom. The zero-order chi connectivity index (χ0) is 14.7. The van der Waals surface area contributed by atoms with Gasteiger partial charge in [-0.3, -0.25) is 10.1 Å². The minimum absolute atomic E-state index is 0.00175. The topological polar surface area (TPSA) is 114 Å². The van der Waals surface area contributed by atoms with Crippen molar-refractivity contribution in [1.29, 1.82) is 0 Å². The maximum absolute atomic E-state index is 12.0. The summed E-state index contributed by atoms with van der Waals surface area (Å²) in [6, 6.07) is 1.49. The lowest BCUT2D eigenvalue weighted by atomic mass is 10.2. The lowest BCUT2D eigenvalue weighted by Gasteiger charge is -2.05. The van der Waals surface area contributed by atoms with Gasteiger partial charge >= 0.3 is 12.0 Å². The smallest absolute Gasteiger partial charge is 0.346 e. The molecular formula is C11H10N4O4S. The number of hydrogen-bond donors (Lipinski definition) is 2. The molecule has 1 amide bonds. The van der Waals surface area contributed by atoms with Crippen molar-refractivity contribution in [3.8, 4) is 6.01 Å². The second kappa shape index (κ2) is 5.61. The van der Waals surface area contributed by atoms with Crippen LogP contribution in [0.1, 0.15) is 25.9 Å². The van der Waals surface area contributed by atoms with Crippen LogP contribution in [-0.4, -0.2) is 39.0 Å². The van der Waals surface area contributed by atoms with Gasteiger partial charge in [0, 0.05) is 0 Å². The Hall–Kier alpha value is -2.55. The summed E-state index contributed by atoms with van der Waals surface area (Å²) in [5, 5.41) is 12.9. The predicted molar refractivity (Wildman–Crippen MR) is 70.3 cm³/mol. The fraction of sp³-hybridized carbons (Fsp3) is 0.182. The largest absolute Gasteiger partial charge is 0.477 e. The number of ether oxygens (including phenoxy) is 1. The fourth-order valence-corrected chi connectivity index (χ4v) is 2.16. The van der Waals surface area contributed by atoms with Crippen LogP contribution < -0.4 is 10.1 Å². The number of carbonyl (C=O) groups excluding carboxylic acids is 1. The first kappa shape index (κ1) is 13.9. The summed E-state index contributed by atoms with van der Waals surface area (Å²) in [5.41, 5.74) is 0.0551. The maximum Gasteiger partial charge on any atom is 0.346 e. The molecule has 20 heavy (non-hydrogen) atoms. The summed E-state index contributed by atoms with van der Waals surface area (Å²) in [6.45, 7) is 1.62. The second-order valence-electron chi connectivity index (χ2n) is 3.62. The highest BCUT2D eigenvalue weighted by molar-refractivity contribution is 7.12. The zero-order valence-corrected chi connectivity index (χ0v) is 11.4. The molecule has 0 bridgehead atoms. The molecule has 0 aromatic carbocycles. The maximum atomic E-state index is 12.0. The quantitative estimate of drug-likeness (QED) is 0.870.